The second kappa shape index (κ2) is 6.45. The Morgan fingerprint density at radius 1 is 1.24 bits per heavy atom. The van der Waals surface area contributed by atoms with Crippen LogP contribution in [0.25, 0.3) is 0 Å². The molecule has 0 saturated carbocycles. The van der Waals surface area contributed by atoms with Gasteiger partial charge in [-0.15, -0.1) is 0 Å². The Labute approximate surface area is 122 Å². The van der Waals surface area contributed by atoms with Gasteiger partial charge in [-0.25, -0.2) is 0 Å². The topological polar surface area (TPSA) is 60.7 Å². The molecule has 0 spiro atoms. The van der Waals surface area contributed by atoms with Crippen LogP contribution in [0.4, 0.5) is 0 Å². The highest BCUT2D eigenvalue weighted by molar-refractivity contribution is 5.91. The molecule has 0 radical (unpaired) electrons. The van der Waals surface area contributed by atoms with Crippen LogP contribution in [-0.4, -0.2) is 25.2 Å². The number of rotatable bonds is 5. The molecule has 1 amide bonds. The molecule has 110 valence electrons. The summed E-state index contributed by atoms with van der Waals surface area (Å²) in [5.41, 5.74) is 0. The summed E-state index contributed by atoms with van der Waals surface area (Å²) in [4.78, 5) is 12.0. The van der Waals surface area contributed by atoms with E-state index in [0.29, 0.717) is 18.2 Å². The van der Waals surface area contributed by atoms with Gasteiger partial charge in [0.2, 0.25) is 0 Å². The Morgan fingerprint density at radius 3 is 2.86 bits per heavy atom. The lowest BCUT2D eigenvalue weighted by molar-refractivity contribution is 0.0831. The van der Waals surface area contributed by atoms with Crippen LogP contribution in [0.15, 0.2) is 46.9 Å². The van der Waals surface area contributed by atoms with E-state index < -0.39 is 0 Å². The van der Waals surface area contributed by atoms with Crippen molar-refractivity contribution in [2.24, 2.45) is 0 Å². The van der Waals surface area contributed by atoms with Crippen molar-refractivity contribution in [3.05, 3.63) is 48.2 Å². The summed E-state index contributed by atoms with van der Waals surface area (Å²) in [6.45, 7) is 1.28. The molecular weight excluding hydrogens is 270 g/mol. The van der Waals surface area contributed by atoms with Crippen molar-refractivity contribution in [2.75, 3.05) is 13.2 Å². The summed E-state index contributed by atoms with van der Waals surface area (Å²) >= 11 is 0. The van der Waals surface area contributed by atoms with Gasteiger partial charge in [0.25, 0.3) is 11.9 Å². The molecule has 0 bridgehead atoms. The summed E-state index contributed by atoms with van der Waals surface area (Å²) < 4.78 is 16.4. The third kappa shape index (κ3) is 3.64. The van der Waals surface area contributed by atoms with Crippen LogP contribution >= 0.6 is 0 Å². The number of benzene rings is 1. The molecule has 0 aliphatic carbocycles. The van der Waals surface area contributed by atoms with Crippen molar-refractivity contribution in [1.82, 2.24) is 5.32 Å². The van der Waals surface area contributed by atoms with E-state index in [1.165, 1.54) is 0 Å². The quantitative estimate of drug-likeness (QED) is 0.918. The van der Waals surface area contributed by atoms with E-state index in [1.54, 1.807) is 12.1 Å². The van der Waals surface area contributed by atoms with Crippen molar-refractivity contribution < 1.29 is 18.7 Å². The Hall–Kier alpha value is -2.27. The first-order valence-corrected chi connectivity index (χ1v) is 7.04. The van der Waals surface area contributed by atoms with Gasteiger partial charge in [0, 0.05) is 19.2 Å². The molecular formula is C16H17NO4. The zero-order chi connectivity index (χ0) is 14.5. The van der Waals surface area contributed by atoms with Gasteiger partial charge in [-0.2, -0.15) is 0 Å². The van der Waals surface area contributed by atoms with Gasteiger partial charge >= 0.3 is 0 Å². The van der Waals surface area contributed by atoms with Gasteiger partial charge in [-0.3, -0.25) is 4.79 Å². The minimum Gasteiger partial charge on any atom is -0.426 e. The van der Waals surface area contributed by atoms with Crippen molar-refractivity contribution in [1.29, 1.82) is 0 Å². The van der Waals surface area contributed by atoms with Gasteiger partial charge in [-0.05, 0) is 31.0 Å². The van der Waals surface area contributed by atoms with Crippen LogP contribution in [0.2, 0.25) is 0 Å². The predicted molar refractivity (Wildman–Crippen MR) is 76.5 cm³/mol. The summed E-state index contributed by atoms with van der Waals surface area (Å²) in [5.74, 6) is 0.939. The molecule has 5 heteroatoms. The van der Waals surface area contributed by atoms with Crippen LogP contribution in [0.3, 0.4) is 0 Å². The zero-order valence-electron chi connectivity index (χ0n) is 11.6. The van der Waals surface area contributed by atoms with E-state index >= 15 is 0 Å². The molecule has 1 atom stereocenters. The van der Waals surface area contributed by atoms with E-state index in [-0.39, 0.29) is 17.8 Å². The monoisotopic (exact) mass is 287 g/mol. The normalized spacial score (nSPS) is 17.6. The minimum absolute atomic E-state index is 0.115. The van der Waals surface area contributed by atoms with Crippen molar-refractivity contribution in [3.63, 3.8) is 0 Å². The average Bonchev–Trinajstić information content (AvgIpc) is 3.17. The summed E-state index contributed by atoms with van der Waals surface area (Å²) in [6.07, 6.45) is 2.15. The number of para-hydroxylation sites is 1. The SMILES string of the molecule is O=C(NC[C@H]1CCCO1)c1ccc(Oc2ccccc2)o1. The second-order valence-corrected chi connectivity index (χ2v) is 4.88. The lowest BCUT2D eigenvalue weighted by Gasteiger charge is -2.09. The fourth-order valence-electron chi connectivity index (χ4n) is 2.20. The fourth-order valence-corrected chi connectivity index (χ4v) is 2.20. The molecule has 1 N–H and O–H groups in total. The van der Waals surface area contributed by atoms with Crippen LogP contribution in [-0.2, 0) is 4.74 Å². The molecule has 1 aromatic heterocycles. The number of furan rings is 1. The Bertz CT molecular complexity index is 587. The molecule has 0 unspecified atom stereocenters. The highest BCUT2D eigenvalue weighted by atomic mass is 16.6. The molecule has 5 nitrogen and oxygen atoms in total. The van der Waals surface area contributed by atoms with Crippen LogP contribution in [0.5, 0.6) is 11.7 Å². The first kappa shape index (κ1) is 13.7. The molecule has 1 aliphatic rings. The number of ether oxygens (including phenoxy) is 2. The Balaban J connectivity index is 1.55. The van der Waals surface area contributed by atoms with E-state index in [1.807, 2.05) is 30.3 Å². The summed E-state index contributed by atoms with van der Waals surface area (Å²) in [7, 11) is 0. The maximum atomic E-state index is 12.0. The third-order valence-electron chi connectivity index (χ3n) is 3.28. The standard InChI is InChI=1S/C16H17NO4/c18-16(17-11-13-7-4-10-19-13)14-8-9-15(21-14)20-12-5-2-1-3-6-12/h1-3,5-6,8-9,13H,4,7,10-11H2,(H,17,18)/t13-/m1/s1. The number of hydrogen-bond donors (Lipinski definition) is 1. The van der Waals surface area contributed by atoms with Crippen LogP contribution in [0, 0.1) is 0 Å². The van der Waals surface area contributed by atoms with Crippen molar-refractivity contribution in [2.45, 2.75) is 18.9 Å². The molecule has 1 saturated heterocycles. The van der Waals surface area contributed by atoms with Gasteiger partial charge in [-0.1, -0.05) is 18.2 Å². The Morgan fingerprint density at radius 2 is 2.10 bits per heavy atom. The van der Waals surface area contributed by atoms with E-state index in [0.717, 1.165) is 19.4 Å². The largest absolute Gasteiger partial charge is 0.426 e. The lowest BCUT2D eigenvalue weighted by atomic mass is 10.2. The highest BCUT2D eigenvalue weighted by Gasteiger charge is 2.18. The number of carbonyl (C=O) groups is 1. The zero-order valence-corrected chi connectivity index (χ0v) is 11.6. The second-order valence-electron chi connectivity index (χ2n) is 4.88. The van der Waals surface area contributed by atoms with Crippen molar-refractivity contribution >= 4 is 5.91 Å². The fraction of sp³-hybridized carbons (Fsp3) is 0.312. The summed E-state index contributed by atoms with van der Waals surface area (Å²) in [6, 6.07) is 12.5. The maximum Gasteiger partial charge on any atom is 0.290 e. The van der Waals surface area contributed by atoms with E-state index in [2.05, 4.69) is 5.32 Å². The molecule has 2 heterocycles. The maximum absolute atomic E-state index is 12.0. The number of amides is 1. The first-order valence-electron chi connectivity index (χ1n) is 7.04. The number of nitrogens with one attached hydrogen (secondary N) is 1. The van der Waals surface area contributed by atoms with Gasteiger partial charge in [0.05, 0.1) is 6.10 Å². The van der Waals surface area contributed by atoms with E-state index in [9.17, 15) is 4.79 Å². The van der Waals surface area contributed by atoms with E-state index in [4.69, 9.17) is 13.9 Å². The number of carbonyl (C=O) groups excluding carboxylic acids is 1. The smallest absolute Gasteiger partial charge is 0.290 e. The third-order valence-corrected chi connectivity index (χ3v) is 3.28. The van der Waals surface area contributed by atoms with Gasteiger partial charge in [0.1, 0.15) is 5.75 Å². The van der Waals surface area contributed by atoms with Crippen LogP contribution in [0.1, 0.15) is 23.4 Å². The highest BCUT2D eigenvalue weighted by Crippen LogP contribution is 2.23. The lowest BCUT2D eigenvalue weighted by Crippen LogP contribution is -2.31. The number of hydrogen-bond acceptors (Lipinski definition) is 4. The predicted octanol–water partition coefficient (Wildman–Crippen LogP) is 2.98. The van der Waals surface area contributed by atoms with Crippen molar-refractivity contribution in [3.8, 4) is 11.7 Å². The molecule has 1 fully saturated rings. The van der Waals surface area contributed by atoms with Gasteiger partial charge in [0.15, 0.2) is 5.76 Å². The molecule has 21 heavy (non-hydrogen) atoms. The average molecular weight is 287 g/mol. The summed E-state index contributed by atoms with van der Waals surface area (Å²) in [5, 5.41) is 2.80. The molecule has 1 aromatic carbocycles. The molecule has 1 aliphatic heterocycles. The Kier molecular flexibility index (Phi) is 4.21. The minimum atomic E-state index is -0.256. The first-order chi connectivity index (χ1) is 10.3. The molecule has 3 rings (SSSR count). The van der Waals surface area contributed by atoms with Gasteiger partial charge < -0.3 is 19.2 Å². The molecule has 2 aromatic rings. The van der Waals surface area contributed by atoms with Crippen LogP contribution < -0.4 is 10.1 Å².